The van der Waals surface area contributed by atoms with Crippen LogP contribution >= 0.6 is 0 Å². The topological polar surface area (TPSA) is 0 Å². The van der Waals surface area contributed by atoms with E-state index in [-0.39, 0.29) is 0 Å². The van der Waals surface area contributed by atoms with Crippen molar-refractivity contribution < 1.29 is 0 Å². The average molecular weight is 926 g/mol. The molecule has 396 valence electrons. The van der Waals surface area contributed by atoms with Gasteiger partial charge in [-0.15, -0.1) is 0 Å². The van der Waals surface area contributed by atoms with Crippen LogP contribution in [-0.4, -0.2) is 0 Å². The first kappa shape index (κ1) is 64.0. The van der Waals surface area contributed by atoms with Crippen LogP contribution in [0.1, 0.15) is 282 Å². The van der Waals surface area contributed by atoms with Crippen LogP contribution in [0.4, 0.5) is 0 Å². The third kappa shape index (κ3) is 23.0. The van der Waals surface area contributed by atoms with Gasteiger partial charge in [-0.3, -0.25) is 0 Å². The highest BCUT2D eigenvalue weighted by atomic mass is 14.5. The Labute approximate surface area is 421 Å². The predicted octanol–water partition coefficient (Wildman–Crippen LogP) is 22.3. The molecule has 24 unspecified atom stereocenters. The second kappa shape index (κ2) is 32.9. The van der Waals surface area contributed by atoms with E-state index in [0.29, 0.717) is 0 Å². The molecule has 0 heterocycles. The quantitative estimate of drug-likeness (QED) is 0.0576. The Morgan fingerprint density at radius 3 is 1.02 bits per heavy atom. The summed E-state index contributed by atoms with van der Waals surface area (Å²) in [6.07, 6.45) is 25.3. The molecule has 1 aliphatic rings. The molecule has 1 aliphatic carbocycles. The Morgan fingerprint density at radius 1 is 0.288 bits per heavy atom. The van der Waals surface area contributed by atoms with E-state index in [1.807, 2.05) is 0 Å². The van der Waals surface area contributed by atoms with Gasteiger partial charge in [-0.05, 0) is 181 Å². The molecule has 1 rings (SSSR count). The molecule has 1 fully saturated rings. The standard InChI is InChI=1S/C66H132/c1-25-27-30-43(3)37-51(11)56(16)39-53(13)47(7)33-34-48(8)55(15)41-59(19)61(21)63(23)64(24)66(65-42-60(65)20)62(22)50(10)36-35-49(9)54(14)40-58(18)57(17)38-52(12)46(6)32-28-31-45(5)44(4)29-26-2/h43-66H,25-42H2,1-24H3. The zero-order valence-corrected chi connectivity index (χ0v) is 50.6. The molecule has 24 atom stereocenters. The molecule has 0 N–H and O–H groups in total. The second-order valence-corrected chi connectivity index (χ2v) is 27.8. The van der Waals surface area contributed by atoms with Gasteiger partial charge in [0, 0.05) is 0 Å². The van der Waals surface area contributed by atoms with Crippen molar-refractivity contribution in [2.24, 2.45) is 142 Å². The van der Waals surface area contributed by atoms with E-state index < -0.39 is 0 Å². The Kier molecular flexibility index (Phi) is 31.9. The molecular formula is C66H132. The van der Waals surface area contributed by atoms with E-state index in [4.69, 9.17) is 0 Å². The van der Waals surface area contributed by atoms with Gasteiger partial charge >= 0.3 is 0 Å². The van der Waals surface area contributed by atoms with E-state index in [2.05, 4.69) is 166 Å². The summed E-state index contributed by atoms with van der Waals surface area (Å²) in [6, 6.07) is 0. The van der Waals surface area contributed by atoms with Crippen molar-refractivity contribution >= 4 is 0 Å². The molecule has 0 nitrogen and oxygen atoms in total. The highest BCUT2D eigenvalue weighted by Gasteiger charge is 2.47. The Bertz CT molecular complexity index is 1170. The molecule has 0 spiro atoms. The molecule has 0 bridgehead atoms. The van der Waals surface area contributed by atoms with Crippen molar-refractivity contribution in [1.82, 2.24) is 0 Å². The fourth-order valence-corrected chi connectivity index (χ4v) is 13.8. The van der Waals surface area contributed by atoms with Crippen LogP contribution in [0.2, 0.25) is 0 Å². The molecular weight excluding hydrogens is 793 g/mol. The first-order valence-corrected chi connectivity index (χ1v) is 30.8. The zero-order valence-electron chi connectivity index (χ0n) is 50.6. The van der Waals surface area contributed by atoms with E-state index >= 15 is 0 Å². The molecule has 0 aromatic rings. The lowest BCUT2D eigenvalue weighted by atomic mass is 9.64. The fraction of sp³-hybridized carbons (Fsp3) is 1.00. The summed E-state index contributed by atoms with van der Waals surface area (Å²) in [5.74, 6) is 20.2. The molecule has 0 amide bonds. The summed E-state index contributed by atoms with van der Waals surface area (Å²) in [4.78, 5) is 0. The van der Waals surface area contributed by atoms with Crippen LogP contribution < -0.4 is 0 Å². The Balaban J connectivity index is 2.67. The van der Waals surface area contributed by atoms with E-state index in [1.165, 1.54) is 116 Å². The molecule has 0 aromatic heterocycles. The lowest BCUT2D eigenvalue weighted by Gasteiger charge is -2.41. The lowest BCUT2D eigenvalue weighted by molar-refractivity contribution is 0.0768. The average Bonchev–Trinajstić information content (AvgIpc) is 3.99. The predicted molar refractivity (Wildman–Crippen MR) is 303 cm³/mol. The third-order valence-corrected chi connectivity index (χ3v) is 22.2. The summed E-state index contributed by atoms with van der Waals surface area (Å²) >= 11 is 0. The second-order valence-electron chi connectivity index (χ2n) is 27.8. The van der Waals surface area contributed by atoms with E-state index in [1.54, 1.807) is 0 Å². The van der Waals surface area contributed by atoms with Crippen LogP contribution in [0.5, 0.6) is 0 Å². The summed E-state index contributed by atoms with van der Waals surface area (Å²) in [5, 5.41) is 0. The van der Waals surface area contributed by atoms with Crippen LogP contribution in [0.25, 0.3) is 0 Å². The van der Waals surface area contributed by atoms with Gasteiger partial charge in [0.25, 0.3) is 0 Å². The van der Waals surface area contributed by atoms with Gasteiger partial charge in [0.1, 0.15) is 0 Å². The summed E-state index contributed by atoms with van der Waals surface area (Å²) < 4.78 is 0. The van der Waals surface area contributed by atoms with Crippen LogP contribution in [-0.2, 0) is 0 Å². The first-order chi connectivity index (χ1) is 30.8. The fourth-order valence-electron chi connectivity index (χ4n) is 13.8. The summed E-state index contributed by atoms with van der Waals surface area (Å²) in [5.41, 5.74) is 0. The van der Waals surface area contributed by atoms with Crippen molar-refractivity contribution in [2.75, 3.05) is 0 Å². The highest BCUT2D eigenvalue weighted by molar-refractivity contribution is 4.95. The maximum Gasteiger partial charge on any atom is -0.0326 e. The smallest absolute Gasteiger partial charge is 0.0326 e. The Morgan fingerprint density at radius 2 is 0.621 bits per heavy atom. The van der Waals surface area contributed by atoms with Gasteiger partial charge < -0.3 is 0 Å². The monoisotopic (exact) mass is 925 g/mol. The van der Waals surface area contributed by atoms with Gasteiger partial charge in [0.15, 0.2) is 0 Å². The van der Waals surface area contributed by atoms with Gasteiger partial charge in [0.05, 0.1) is 0 Å². The van der Waals surface area contributed by atoms with Crippen molar-refractivity contribution in [1.29, 1.82) is 0 Å². The molecule has 0 radical (unpaired) electrons. The number of rotatable bonds is 39. The minimum Gasteiger partial charge on any atom is -0.0654 e. The number of unbranched alkanes of at least 4 members (excludes halogenated alkanes) is 1. The zero-order chi connectivity index (χ0) is 50.6. The molecule has 0 heteroatoms. The largest absolute Gasteiger partial charge is 0.0654 e. The van der Waals surface area contributed by atoms with Crippen LogP contribution in [0.15, 0.2) is 0 Å². The van der Waals surface area contributed by atoms with Gasteiger partial charge in [-0.1, -0.05) is 243 Å². The maximum atomic E-state index is 2.69. The molecule has 0 saturated heterocycles. The third-order valence-electron chi connectivity index (χ3n) is 22.2. The maximum absolute atomic E-state index is 2.69. The highest BCUT2D eigenvalue weighted by Crippen LogP contribution is 2.54. The molecule has 66 heavy (non-hydrogen) atoms. The van der Waals surface area contributed by atoms with Gasteiger partial charge in [0.2, 0.25) is 0 Å². The lowest BCUT2D eigenvalue weighted by Crippen LogP contribution is -2.34. The summed E-state index contributed by atoms with van der Waals surface area (Å²) in [7, 11) is 0. The summed E-state index contributed by atoms with van der Waals surface area (Å²) in [6.45, 7) is 61.5. The van der Waals surface area contributed by atoms with Gasteiger partial charge in [-0.25, -0.2) is 0 Å². The number of hydrogen-bond acceptors (Lipinski definition) is 0. The van der Waals surface area contributed by atoms with Crippen molar-refractivity contribution in [3.63, 3.8) is 0 Å². The number of hydrogen-bond donors (Lipinski definition) is 0. The van der Waals surface area contributed by atoms with Gasteiger partial charge in [-0.2, -0.15) is 0 Å². The molecule has 1 saturated carbocycles. The van der Waals surface area contributed by atoms with E-state index in [9.17, 15) is 0 Å². The molecule has 0 aromatic carbocycles. The van der Waals surface area contributed by atoms with Crippen LogP contribution in [0, 0.1) is 142 Å². The first-order valence-electron chi connectivity index (χ1n) is 30.8. The minimum atomic E-state index is 0.783. The van der Waals surface area contributed by atoms with E-state index in [0.717, 1.165) is 142 Å². The van der Waals surface area contributed by atoms with Crippen LogP contribution in [0.3, 0.4) is 0 Å². The van der Waals surface area contributed by atoms with Crippen molar-refractivity contribution in [3.05, 3.63) is 0 Å². The van der Waals surface area contributed by atoms with Crippen molar-refractivity contribution in [2.45, 2.75) is 282 Å². The Hall–Kier alpha value is 0. The van der Waals surface area contributed by atoms with Crippen molar-refractivity contribution in [3.8, 4) is 0 Å². The minimum absolute atomic E-state index is 0.783. The normalized spacial score (nSPS) is 25.8. The molecule has 0 aliphatic heterocycles. The SMILES string of the molecule is CCCCC(C)CC(C)C(C)CC(C)C(C)CCC(C)C(C)CC(C)C(C)C(C)C(C)C(C(C)C(C)CCC(C)C(C)CC(C)C(C)CC(C)C(C)CCCC(C)C(C)CCC)C1CC1C.